The van der Waals surface area contributed by atoms with Crippen molar-refractivity contribution < 1.29 is 4.74 Å². The highest BCUT2D eigenvalue weighted by molar-refractivity contribution is 7.73. The van der Waals surface area contributed by atoms with Gasteiger partial charge in [-0.1, -0.05) is 29.5 Å². The molecule has 3 rings (SSSR count). The van der Waals surface area contributed by atoms with Crippen LogP contribution in [0.15, 0.2) is 36.9 Å². The van der Waals surface area contributed by atoms with Gasteiger partial charge >= 0.3 is 0 Å². The lowest BCUT2D eigenvalue weighted by molar-refractivity contribution is 0.195. The average Bonchev–Trinajstić information content (AvgIpc) is 3.01. The van der Waals surface area contributed by atoms with Crippen LogP contribution in [0.4, 0.5) is 10.8 Å². The molecule has 140 valence electrons. The Morgan fingerprint density at radius 2 is 2.08 bits per heavy atom. The van der Waals surface area contributed by atoms with Crippen molar-refractivity contribution in [1.82, 2.24) is 14.7 Å². The van der Waals surface area contributed by atoms with Crippen molar-refractivity contribution in [3.05, 3.63) is 40.9 Å². The molecule has 0 amide bonds. The van der Waals surface area contributed by atoms with Crippen molar-refractivity contribution in [2.75, 3.05) is 49.5 Å². The highest BCUT2D eigenvalue weighted by Gasteiger charge is 2.20. The third-order valence-electron chi connectivity index (χ3n) is 4.22. The Balaban J connectivity index is 1.58. The summed E-state index contributed by atoms with van der Waals surface area (Å²) in [4.78, 5) is 4.77. The van der Waals surface area contributed by atoms with E-state index in [9.17, 15) is 0 Å². The zero-order chi connectivity index (χ0) is 18.4. The van der Waals surface area contributed by atoms with Gasteiger partial charge in [0, 0.05) is 32.7 Å². The molecule has 0 bridgehead atoms. The van der Waals surface area contributed by atoms with Gasteiger partial charge in [0.15, 0.2) is 3.95 Å². The standard InChI is InChI=1S/C18H25N5OS2/c1-3-9-19-17-20-23(18(25)26-17)14-21-10-12-22(13-11-21)15-7-5-6-8-16(15)24-4-2/h3,5-8H,1,4,9-14H2,2H3,(H,19,20). The third kappa shape index (κ3) is 4.63. The van der Waals surface area contributed by atoms with Crippen LogP contribution in [-0.2, 0) is 6.67 Å². The molecule has 0 unspecified atom stereocenters. The Kier molecular flexibility index (Phi) is 6.65. The van der Waals surface area contributed by atoms with Crippen molar-refractivity contribution in [1.29, 1.82) is 0 Å². The van der Waals surface area contributed by atoms with Gasteiger partial charge in [0.05, 0.1) is 19.0 Å². The number of nitrogens with one attached hydrogen (secondary N) is 1. The summed E-state index contributed by atoms with van der Waals surface area (Å²) in [6.45, 7) is 11.7. The van der Waals surface area contributed by atoms with E-state index in [-0.39, 0.29) is 0 Å². The molecule has 0 aliphatic carbocycles. The number of ether oxygens (including phenoxy) is 1. The lowest BCUT2D eigenvalue weighted by Crippen LogP contribution is -2.47. The van der Waals surface area contributed by atoms with Gasteiger partial charge in [-0.2, -0.15) is 0 Å². The Morgan fingerprint density at radius 3 is 2.81 bits per heavy atom. The molecule has 8 heteroatoms. The van der Waals surface area contributed by atoms with Gasteiger partial charge in [-0.25, -0.2) is 4.68 Å². The van der Waals surface area contributed by atoms with Gasteiger partial charge in [-0.3, -0.25) is 4.90 Å². The lowest BCUT2D eigenvalue weighted by Gasteiger charge is -2.36. The second-order valence-corrected chi connectivity index (χ2v) is 7.61. The summed E-state index contributed by atoms with van der Waals surface area (Å²) in [5, 5.41) is 8.60. The molecule has 2 aromatic rings. The number of para-hydroxylation sites is 2. The van der Waals surface area contributed by atoms with Crippen LogP contribution in [-0.4, -0.2) is 54.0 Å². The predicted octanol–water partition coefficient (Wildman–Crippen LogP) is 3.45. The first-order chi connectivity index (χ1) is 12.7. The Hall–Kier alpha value is -1.90. The maximum absolute atomic E-state index is 5.77. The molecule has 1 fully saturated rings. The number of piperazine rings is 1. The fourth-order valence-corrected chi connectivity index (χ4v) is 3.94. The molecule has 0 spiro atoms. The van der Waals surface area contributed by atoms with Crippen molar-refractivity contribution in [2.45, 2.75) is 13.6 Å². The van der Waals surface area contributed by atoms with Gasteiger partial charge < -0.3 is 15.0 Å². The van der Waals surface area contributed by atoms with Crippen LogP contribution in [0.2, 0.25) is 0 Å². The fraction of sp³-hybridized carbons (Fsp3) is 0.444. The first kappa shape index (κ1) is 18.9. The van der Waals surface area contributed by atoms with E-state index in [1.165, 1.54) is 17.0 Å². The number of hydrogen-bond acceptors (Lipinski definition) is 7. The van der Waals surface area contributed by atoms with Gasteiger partial charge in [0.1, 0.15) is 5.75 Å². The van der Waals surface area contributed by atoms with Gasteiger partial charge in [-0.15, -0.1) is 11.7 Å². The van der Waals surface area contributed by atoms with E-state index in [1.54, 1.807) is 0 Å². The minimum Gasteiger partial charge on any atom is -0.492 e. The van der Waals surface area contributed by atoms with Gasteiger partial charge in [0.2, 0.25) is 5.13 Å². The quantitative estimate of drug-likeness (QED) is 0.549. The summed E-state index contributed by atoms with van der Waals surface area (Å²) in [5.41, 5.74) is 1.18. The third-order valence-corrected chi connectivity index (χ3v) is 5.48. The largest absolute Gasteiger partial charge is 0.492 e. The van der Waals surface area contributed by atoms with Crippen LogP contribution in [0.3, 0.4) is 0 Å². The van der Waals surface area contributed by atoms with E-state index >= 15 is 0 Å². The number of benzene rings is 1. The normalized spacial score (nSPS) is 15.0. The zero-order valence-electron chi connectivity index (χ0n) is 15.1. The summed E-state index contributed by atoms with van der Waals surface area (Å²) < 4.78 is 8.46. The molecule has 1 aliphatic rings. The number of rotatable bonds is 8. The van der Waals surface area contributed by atoms with Crippen molar-refractivity contribution in [3.8, 4) is 5.75 Å². The van der Waals surface area contributed by atoms with Crippen LogP contribution in [0.25, 0.3) is 0 Å². The molecular weight excluding hydrogens is 366 g/mol. The number of hydrogen-bond donors (Lipinski definition) is 1. The predicted molar refractivity (Wildman–Crippen MR) is 111 cm³/mol. The molecule has 1 N–H and O–H groups in total. The van der Waals surface area contributed by atoms with Gasteiger partial charge in [-0.05, 0) is 31.3 Å². The Labute approximate surface area is 163 Å². The number of aromatic nitrogens is 2. The summed E-state index contributed by atoms with van der Waals surface area (Å²) in [7, 11) is 0. The molecule has 1 aromatic carbocycles. The van der Waals surface area contributed by atoms with E-state index < -0.39 is 0 Å². The van der Waals surface area contributed by atoms with Crippen molar-refractivity contribution in [2.24, 2.45) is 0 Å². The molecule has 26 heavy (non-hydrogen) atoms. The van der Waals surface area contributed by atoms with Crippen LogP contribution >= 0.6 is 23.6 Å². The summed E-state index contributed by atoms with van der Waals surface area (Å²) in [5.74, 6) is 0.961. The summed E-state index contributed by atoms with van der Waals surface area (Å²) >= 11 is 6.94. The Bertz CT molecular complexity index is 780. The average molecular weight is 392 g/mol. The molecular formula is C18H25N5OS2. The highest BCUT2D eigenvalue weighted by atomic mass is 32.1. The second-order valence-electron chi connectivity index (χ2n) is 5.99. The fourth-order valence-electron chi connectivity index (χ4n) is 2.94. The van der Waals surface area contributed by atoms with Crippen LogP contribution in [0.5, 0.6) is 5.75 Å². The summed E-state index contributed by atoms with van der Waals surface area (Å²) in [6.07, 6.45) is 1.81. The van der Waals surface area contributed by atoms with E-state index in [2.05, 4.69) is 38.9 Å². The molecule has 0 saturated carbocycles. The minimum absolute atomic E-state index is 0.682. The topological polar surface area (TPSA) is 45.6 Å². The maximum atomic E-state index is 5.77. The minimum atomic E-state index is 0.682. The molecule has 0 radical (unpaired) electrons. The molecule has 1 aliphatic heterocycles. The maximum Gasteiger partial charge on any atom is 0.204 e. The van der Waals surface area contributed by atoms with E-state index in [4.69, 9.17) is 17.0 Å². The first-order valence-electron chi connectivity index (χ1n) is 8.83. The zero-order valence-corrected chi connectivity index (χ0v) is 16.7. The monoisotopic (exact) mass is 391 g/mol. The highest BCUT2D eigenvalue weighted by Crippen LogP contribution is 2.28. The van der Waals surface area contributed by atoms with E-state index in [0.29, 0.717) is 13.2 Å². The molecule has 6 nitrogen and oxygen atoms in total. The molecule has 1 saturated heterocycles. The lowest BCUT2D eigenvalue weighted by atomic mass is 10.2. The van der Waals surface area contributed by atoms with E-state index in [0.717, 1.165) is 47.7 Å². The number of nitrogens with zero attached hydrogens (tertiary/aromatic N) is 4. The van der Waals surface area contributed by atoms with E-state index in [1.807, 2.05) is 29.8 Å². The van der Waals surface area contributed by atoms with Crippen molar-refractivity contribution >= 4 is 34.4 Å². The van der Waals surface area contributed by atoms with Crippen LogP contribution in [0.1, 0.15) is 6.92 Å². The first-order valence-corrected chi connectivity index (χ1v) is 10.1. The SMILES string of the molecule is C=CCNc1nn(CN2CCN(c3ccccc3OCC)CC2)c(=S)s1. The van der Waals surface area contributed by atoms with Crippen LogP contribution in [0, 0.1) is 3.95 Å². The van der Waals surface area contributed by atoms with Crippen LogP contribution < -0.4 is 15.0 Å². The molecule has 0 atom stereocenters. The molecule has 2 heterocycles. The second kappa shape index (κ2) is 9.16. The Morgan fingerprint density at radius 1 is 1.31 bits per heavy atom. The van der Waals surface area contributed by atoms with Crippen molar-refractivity contribution in [3.63, 3.8) is 0 Å². The number of anilines is 2. The molecule has 1 aromatic heterocycles. The summed E-state index contributed by atoms with van der Waals surface area (Å²) in [6, 6.07) is 8.26. The smallest absolute Gasteiger partial charge is 0.204 e. The van der Waals surface area contributed by atoms with Gasteiger partial charge in [0.25, 0.3) is 0 Å².